The average Bonchev–Trinajstić information content (AvgIpc) is 2.59. The highest BCUT2D eigenvalue weighted by molar-refractivity contribution is 6.79. The Morgan fingerprint density at radius 3 is 2.06 bits per heavy atom. The second kappa shape index (κ2) is 4.29. The minimum atomic E-state index is -2.07. The molecule has 0 saturated heterocycles. The van der Waals surface area contributed by atoms with E-state index in [1.165, 1.54) is 22.3 Å². The Hall–Kier alpha value is -1.68. The molecule has 3 nitrogen and oxygen atoms in total. The van der Waals surface area contributed by atoms with E-state index >= 15 is 0 Å². The fourth-order valence-corrected chi connectivity index (χ4v) is 4.91. The van der Waals surface area contributed by atoms with Crippen molar-refractivity contribution < 1.29 is 9.59 Å². The Balaban J connectivity index is 2.20. The Morgan fingerprint density at radius 2 is 1.53 bits per heavy atom. The molecule has 4 heteroatoms. The molecule has 1 heterocycles. The number of hydrogen-bond donors (Lipinski definition) is 0. The molecule has 0 aromatic heterocycles. The number of carbonyl (C=O) groups excluding carboxylic acids is 2. The summed E-state index contributed by atoms with van der Waals surface area (Å²) in [5.74, 6) is -0.329. The maximum Gasteiger partial charge on any atom is 0.245 e. The van der Waals surface area contributed by atoms with Gasteiger partial charge in [0.25, 0.3) is 0 Å². The summed E-state index contributed by atoms with van der Waals surface area (Å²) < 4.78 is 1.46. The van der Waals surface area contributed by atoms with Gasteiger partial charge in [0.05, 0.1) is 0 Å². The minimum Gasteiger partial charge on any atom is -0.305 e. The normalized spacial score (nSPS) is 15.8. The van der Waals surface area contributed by atoms with Gasteiger partial charge < -0.3 is 4.57 Å². The molecule has 0 N–H and O–H groups in total. The van der Waals surface area contributed by atoms with Gasteiger partial charge in [-0.3, -0.25) is 9.59 Å². The van der Waals surface area contributed by atoms with Gasteiger partial charge in [-0.2, -0.15) is 0 Å². The molecule has 0 spiro atoms. The summed E-state index contributed by atoms with van der Waals surface area (Å²) in [7, 11) is -2.07. The van der Waals surface area contributed by atoms with Crippen LogP contribution in [0.15, 0.2) is 42.5 Å². The number of nitrogens with zero attached hydrogens (tertiary/aromatic N) is 1. The zero-order chi connectivity index (χ0) is 12.5. The fourth-order valence-electron chi connectivity index (χ4n) is 2.17. The Morgan fingerprint density at radius 1 is 1.00 bits per heavy atom. The van der Waals surface area contributed by atoms with Crippen molar-refractivity contribution in [3.63, 3.8) is 0 Å². The van der Waals surface area contributed by atoms with Gasteiger partial charge in [-0.1, -0.05) is 43.4 Å². The lowest BCUT2D eigenvalue weighted by molar-refractivity contribution is -0.131. The summed E-state index contributed by atoms with van der Waals surface area (Å²) in [6.45, 7) is 4.09. The Kier molecular flexibility index (Phi) is 2.98. The van der Waals surface area contributed by atoms with Crippen molar-refractivity contribution in [2.24, 2.45) is 0 Å². The number of hydrogen-bond acceptors (Lipinski definition) is 2. The van der Waals surface area contributed by atoms with Crippen LogP contribution in [0.2, 0.25) is 13.1 Å². The Bertz CT molecular complexity index is 461. The largest absolute Gasteiger partial charge is 0.305 e. The topological polar surface area (TPSA) is 37.4 Å². The molecule has 0 atom stereocenters. The zero-order valence-corrected chi connectivity index (χ0v) is 11.0. The predicted molar refractivity (Wildman–Crippen MR) is 68.6 cm³/mol. The summed E-state index contributed by atoms with van der Waals surface area (Å²) in [6, 6.07) is 10.8. The van der Waals surface area contributed by atoms with E-state index in [0.717, 1.165) is 6.04 Å². The number of amides is 2. The molecule has 0 aliphatic carbocycles. The van der Waals surface area contributed by atoms with Crippen LogP contribution >= 0.6 is 0 Å². The van der Waals surface area contributed by atoms with Gasteiger partial charge in [0.2, 0.25) is 11.8 Å². The fraction of sp³-hybridized carbons (Fsp3) is 0.231. The molecule has 2 amide bonds. The highest BCUT2D eigenvalue weighted by atomic mass is 28.3. The highest BCUT2D eigenvalue weighted by Crippen LogP contribution is 2.20. The van der Waals surface area contributed by atoms with Crippen LogP contribution in [0.1, 0.15) is 5.56 Å². The summed E-state index contributed by atoms with van der Waals surface area (Å²) >= 11 is 0. The third-order valence-electron chi connectivity index (χ3n) is 2.89. The van der Waals surface area contributed by atoms with Gasteiger partial charge >= 0.3 is 0 Å². The van der Waals surface area contributed by atoms with Crippen LogP contribution in [0.25, 0.3) is 0 Å². The molecule has 0 bridgehead atoms. The van der Waals surface area contributed by atoms with Gasteiger partial charge in [-0.25, -0.2) is 0 Å². The van der Waals surface area contributed by atoms with Crippen molar-refractivity contribution in [2.45, 2.75) is 19.1 Å². The molecular formula is C13H15NO2Si. The number of rotatable bonds is 3. The lowest BCUT2D eigenvalue weighted by Gasteiger charge is -2.31. The highest BCUT2D eigenvalue weighted by Gasteiger charge is 2.38. The van der Waals surface area contributed by atoms with Crippen molar-refractivity contribution >= 4 is 20.0 Å². The molecule has 2 rings (SSSR count). The molecule has 1 aliphatic heterocycles. The number of benzene rings is 1. The van der Waals surface area contributed by atoms with E-state index in [0.29, 0.717) is 0 Å². The lowest BCUT2D eigenvalue weighted by atomic mass is 10.2. The van der Waals surface area contributed by atoms with Crippen molar-refractivity contribution in [2.75, 3.05) is 0 Å². The smallest absolute Gasteiger partial charge is 0.245 e. The van der Waals surface area contributed by atoms with Gasteiger partial charge in [0.1, 0.15) is 0 Å². The standard InChI is InChI=1S/C13H15NO2Si/c1-17(2,10-11-6-4-3-5-7-11)14-12(15)8-9-13(14)16/h3-9H,10H2,1-2H3. The van der Waals surface area contributed by atoms with Crippen molar-refractivity contribution in [1.82, 2.24) is 4.57 Å². The van der Waals surface area contributed by atoms with Crippen molar-refractivity contribution in [3.05, 3.63) is 48.0 Å². The second-order valence-electron chi connectivity index (χ2n) is 4.82. The molecule has 17 heavy (non-hydrogen) atoms. The first-order valence-corrected chi connectivity index (χ1v) is 8.76. The summed E-state index contributed by atoms with van der Waals surface area (Å²) in [6.07, 6.45) is 2.73. The van der Waals surface area contributed by atoms with Crippen LogP contribution in [-0.4, -0.2) is 24.6 Å². The minimum absolute atomic E-state index is 0.164. The maximum absolute atomic E-state index is 11.7. The maximum atomic E-state index is 11.7. The van der Waals surface area contributed by atoms with Crippen LogP contribution in [-0.2, 0) is 15.6 Å². The van der Waals surface area contributed by atoms with E-state index in [4.69, 9.17) is 0 Å². The zero-order valence-electron chi connectivity index (χ0n) is 10.0. The third kappa shape index (κ3) is 2.36. The summed E-state index contributed by atoms with van der Waals surface area (Å²) in [5.41, 5.74) is 1.18. The average molecular weight is 245 g/mol. The van der Waals surface area contributed by atoms with E-state index in [-0.39, 0.29) is 11.8 Å². The molecule has 0 fully saturated rings. The molecule has 0 radical (unpaired) electrons. The monoisotopic (exact) mass is 245 g/mol. The van der Waals surface area contributed by atoms with E-state index < -0.39 is 8.24 Å². The van der Waals surface area contributed by atoms with E-state index in [1.54, 1.807) is 0 Å². The predicted octanol–water partition coefficient (Wildman–Crippen LogP) is 1.90. The second-order valence-corrected chi connectivity index (χ2v) is 9.25. The molecule has 1 aromatic carbocycles. The Labute approximate surface area is 102 Å². The number of carbonyl (C=O) groups is 2. The molecule has 1 aromatic rings. The van der Waals surface area contributed by atoms with E-state index in [9.17, 15) is 9.59 Å². The first-order chi connectivity index (χ1) is 8.00. The van der Waals surface area contributed by atoms with Crippen molar-refractivity contribution in [1.29, 1.82) is 0 Å². The van der Waals surface area contributed by atoms with Crippen LogP contribution < -0.4 is 0 Å². The summed E-state index contributed by atoms with van der Waals surface area (Å²) in [4.78, 5) is 23.3. The van der Waals surface area contributed by atoms with Crippen molar-refractivity contribution in [3.8, 4) is 0 Å². The van der Waals surface area contributed by atoms with E-state index in [1.807, 2.05) is 43.4 Å². The van der Waals surface area contributed by atoms with Crippen LogP contribution in [0.5, 0.6) is 0 Å². The first-order valence-electron chi connectivity index (χ1n) is 5.61. The van der Waals surface area contributed by atoms with Gasteiger partial charge in [-0.05, 0) is 11.6 Å². The quantitative estimate of drug-likeness (QED) is 0.602. The number of imide groups is 1. The van der Waals surface area contributed by atoms with Crippen LogP contribution in [0, 0.1) is 0 Å². The molecular weight excluding hydrogens is 230 g/mol. The van der Waals surface area contributed by atoms with Gasteiger partial charge in [0, 0.05) is 12.2 Å². The van der Waals surface area contributed by atoms with Gasteiger partial charge in [-0.15, -0.1) is 0 Å². The third-order valence-corrected chi connectivity index (χ3v) is 5.82. The van der Waals surface area contributed by atoms with Crippen LogP contribution in [0.3, 0.4) is 0 Å². The van der Waals surface area contributed by atoms with E-state index in [2.05, 4.69) is 0 Å². The molecule has 1 aliphatic rings. The van der Waals surface area contributed by atoms with Gasteiger partial charge in [0.15, 0.2) is 8.24 Å². The first kappa shape index (κ1) is 11.8. The molecule has 88 valence electrons. The summed E-state index contributed by atoms with van der Waals surface area (Å²) in [5, 5.41) is 0. The SMILES string of the molecule is C[Si](C)(Cc1ccccc1)N1C(=O)C=CC1=O. The van der Waals surface area contributed by atoms with Crippen LogP contribution in [0.4, 0.5) is 0 Å². The molecule has 0 unspecified atom stereocenters. The lowest BCUT2D eigenvalue weighted by Crippen LogP contribution is -2.53. The molecule has 0 saturated carbocycles.